The Balaban J connectivity index is 2.24. The van der Waals surface area contributed by atoms with Crippen LogP contribution >= 0.6 is 12.2 Å². The zero-order chi connectivity index (χ0) is 9.26. The van der Waals surface area contributed by atoms with Crippen molar-refractivity contribution in [3.8, 4) is 0 Å². The van der Waals surface area contributed by atoms with Gasteiger partial charge in [-0.25, -0.2) is 4.98 Å². The van der Waals surface area contributed by atoms with Crippen LogP contribution in [0.5, 0.6) is 0 Å². The van der Waals surface area contributed by atoms with Gasteiger partial charge in [-0.05, 0) is 18.3 Å². The number of hydrogen-bond acceptors (Lipinski definition) is 3. The molecule has 1 N–H and O–H groups in total. The average molecular weight is 195 g/mol. The number of aromatic amines is 1. The van der Waals surface area contributed by atoms with Crippen LogP contribution in [0.25, 0.3) is 0 Å². The molecule has 0 aliphatic rings. The number of nitrogens with zero attached hydrogens (tertiary/aromatic N) is 4. The fourth-order valence-electron chi connectivity index (χ4n) is 1.07. The van der Waals surface area contributed by atoms with Crippen molar-refractivity contribution in [1.29, 1.82) is 0 Å². The first kappa shape index (κ1) is 8.18. The average Bonchev–Trinajstić information content (AvgIpc) is 2.64. The van der Waals surface area contributed by atoms with Crippen LogP contribution in [0.2, 0.25) is 0 Å². The lowest BCUT2D eigenvalue weighted by molar-refractivity contribution is 0.642. The number of hydrogen-bond donors (Lipinski definition) is 1. The highest BCUT2D eigenvalue weighted by molar-refractivity contribution is 7.71. The van der Waals surface area contributed by atoms with Crippen molar-refractivity contribution in [1.82, 2.24) is 24.5 Å². The van der Waals surface area contributed by atoms with Crippen LogP contribution in [0, 0.1) is 4.77 Å². The number of aryl methyl sites for hydroxylation is 1. The molecule has 0 unspecified atom stereocenters. The van der Waals surface area contributed by atoms with Gasteiger partial charge in [0.1, 0.15) is 12.4 Å². The van der Waals surface area contributed by atoms with Crippen molar-refractivity contribution < 1.29 is 0 Å². The first-order valence-corrected chi connectivity index (χ1v) is 4.26. The van der Waals surface area contributed by atoms with E-state index in [1.54, 1.807) is 15.6 Å². The van der Waals surface area contributed by atoms with E-state index >= 15 is 0 Å². The molecular formula is C7H9N5S. The molecule has 2 heterocycles. The molecule has 0 bridgehead atoms. The first-order chi connectivity index (χ1) is 6.25. The van der Waals surface area contributed by atoms with E-state index in [1.165, 1.54) is 0 Å². The SMILES string of the molecule is Cn1[nH]c(Cn2cccn2)nc1=S. The topological polar surface area (TPSA) is 51.4 Å². The summed E-state index contributed by atoms with van der Waals surface area (Å²) in [6.07, 6.45) is 3.61. The minimum Gasteiger partial charge on any atom is -0.282 e. The third kappa shape index (κ3) is 1.67. The Morgan fingerprint density at radius 2 is 2.46 bits per heavy atom. The molecule has 0 saturated heterocycles. The van der Waals surface area contributed by atoms with Crippen LogP contribution in [0.15, 0.2) is 18.5 Å². The van der Waals surface area contributed by atoms with Gasteiger partial charge in [0.05, 0.1) is 0 Å². The van der Waals surface area contributed by atoms with Gasteiger partial charge in [0, 0.05) is 19.4 Å². The molecule has 13 heavy (non-hydrogen) atoms. The summed E-state index contributed by atoms with van der Waals surface area (Å²) in [5.74, 6) is 0.816. The summed E-state index contributed by atoms with van der Waals surface area (Å²) in [5, 5.41) is 7.09. The Kier molecular flexibility index (Phi) is 1.97. The Morgan fingerprint density at radius 3 is 3.00 bits per heavy atom. The molecule has 0 atom stereocenters. The Hall–Kier alpha value is -1.43. The van der Waals surface area contributed by atoms with Crippen molar-refractivity contribution in [2.24, 2.45) is 7.05 Å². The number of aromatic nitrogens is 5. The zero-order valence-electron chi connectivity index (χ0n) is 7.14. The molecule has 0 saturated carbocycles. The summed E-state index contributed by atoms with van der Waals surface area (Å²) in [7, 11) is 1.84. The van der Waals surface area contributed by atoms with Crippen LogP contribution in [0.1, 0.15) is 5.82 Å². The van der Waals surface area contributed by atoms with Gasteiger partial charge >= 0.3 is 0 Å². The predicted molar refractivity (Wildman–Crippen MR) is 49.7 cm³/mol. The van der Waals surface area contributed by atoms with Crippen molar-refractivity contribution in [3.05, 3.63) is 29.1 Å². The van der Waals surface area contributed by atoms with Crippen LogP contribution in [0.4, 0.5) is 0 Å². The lowest BCUT2D eigenvalue weighted by atomic mass is 10.6. The minimum atomic E-state index is 0.558. The maximum atomic E-state index is 4.96. The lowest BCUT2D eigenvalue weighted by Gasteiger charge is -1.95. The molecule has 2 aromatic rings. The van der Waals surface area contributed by atoms with E-state index in [0.29, 0.717) is 11.3 Å². The van der Waals surface area contributed by atoms with E-state index in [2.05, 4.69) is 15.2 Å². The second kappa shape index (κ2) is 3.14. The molecule has 68 valence electrons. The summed E-state index contributed by atoms with van der Waals surface area (Å²) >= 11 is 4.96. The van der Waals surface area contributed by atoms with Crippen LogP contribution < -0.4 is 0 Å². The highest BCUT2D eigenvalue weighted by atomic mass is 32.1. The summed E-state index contributed by atoms with van der Waals surface area (Å²) < 4.78 is 4.05. The summed E-state index contributed by atoms with van der Waals surface area (Å²) in [6, 6.07) is 1.87. The van der Waals surface area contributed by atoms with E-state index < -0.39 is 0 Å². The Bertz CT molecular complexity index is 438. The quantitative estimate of drug-likeness (QED) is 0.718. The van der Waals surface area contributed by atoms with Crippen molar-refractivity contribution in [2.45, 2.75) is 6.54 Å². The van der Waals surface area contributed by atoms with Gasteiger partial charge in [-0.1, -0.05) is 0 Å². The van der Waals surface area contributed by atoms with Crippen LogP contribution in [-0.4, -0.2) is 24.5 Å². The van der Waals surface area contributed by atoms with Gasteiger partial charge in [-0.15, -0.1) is 0 Å². The highest BCUT2D eigenvalue weighted by Gasteiger charge is 1.99. The van der Waals surface area contributed by atoms with Gasteiger partial charge in [0.2, 0.25) is 4.77 Å². The third-order valence-corrected chi connectivity index (χ3v) is 2.05. The first-order valence-electron chi connectivity index (χ1n) is 3.85. The third-order valence-electron chi connectivity index (χ3n) is 1.69. The summed E-state index contributed by atoms with van der Waals surface area (Å²) in [6.45, 7) is 0.622. The zero-order valence-corrected chi connectivity index (χ0v) is 7.95. The molecule has 2 rings (SSSR count). The van der Waals surface area contributed by atoms with Crippen LogP contribution in [-0.2, 0) is 13.6 Å². The molecule has 0 fully saturated rings. The molecule has 0 amide bonds. The van der Waals surface area contributed by atoms with Crippen molar-refractivity contribution in [2.75, 3.05) is 0 Å². The van der Waals surface area contributed by atoms with Crippen molar-refractivity contribution in [3.63, 3.8) is 0 Å². The fraction of sp³-hybridized carbons (Fsp3) is 0.286. The van der Waals surface area contributed by atoms with E-state index in [4.69, 9.17) is 12.2 Å². The van der Waals surface area contributed by atoms with E-state index in [0.717, 1.165) is 5.82 Å². The number of H-pyrrole nitrogens is 1. The van der Waals surface area contributed by atoms with Gasteiger partial charge in [0.15, 0.2) is 0 Å². The standard InChI is InChI=1S/C7H9N5S/c1-11-7(13)9-6(10-11)5-12-4-2-3-8-12/h2-4H,5H2,1H3,(H,9,10,13). The smallest absolute Gasteiger partial charge is 0.215 e. The minimum absolute atomic E-state index is 0.558. The number of rotatable bonds is 2. The lowest BCUT2D eigenvalue weighted by Crippen LogP contribution is -2.02. The van der Waals surface area contributed by atoms with Gasteiger partial charge in [-0.3, -0.25) is 14.5 Å². The summed E-state index contributed by atoms with van der Waals surface area (Å²) in [5.41, 5.74) is 0. The molecule has 0 aliphatic carbocycles. The van der Waals surface area contributed by atoms with Crippen LogP contribution in [0.3, 0.4) is 0 Å². The number of nitrogens with one attached hydrogen (secondary N) is 1. The highest BCUT2D eigenvalue weighted by Crippen LogP contribution is 1.94. The van der Waals surface area contributed by atoms with E-state index in [-0.39, 0.29) is 0 Å². The molecule has 0 aliphatic heterocycles. The molecule has 0 spiro atoms. The van der Waals surface area contributed by atoms with Gasteiger partial charge < -0.3 is 0 Å². The summed E-state index contributed by atoms with van der Waals surface area (Å²) in [4.78, 5) is 4.15. The largest absolute Gasteiger partial charge is 0.282 e. The molecular weight excluding hydrogens is 186 g/mol. The maximum Gasteiger partial charge on any atom is 0.215 e. The monoisotopic (exact) mass is 195 g/mol. The second-order valence-corrected chi connectivity index (χ2v) is 3.08. The molecule has 5 nitrogen and oxygen atoms in total. The van der Waals surface area contributed by atoms with E-state index in [1.807, 2.05) is 19.3 Å². The molecule has 2 aromatic heterocycles. The van der Waals surface area contributed by atoms with E-state index in [9.17, 15) is 0 Å². The Labute approximate surface area is 80.0 Å². The normalized spacial score (nSPS) is 10.5. The van der Waals surface area contributed by atoms with Gasteiger partial charge in [-0.2, -0.15) is 5.10 Å². The Morgan fingerprint density at radius 1 is 1.62 bits per heavy atom. The van der Waals surface area contributed by atoms with Crippen molar-refractivity contribution >= 4 is 12.2 Å². The molecule has 0 aromatic carbocycles. The maximum absolute atomic E-state index is 4.96. The molecule has 6 heteroatoms. The second-order valence-electron chi connectivity index (χ2n) is 2.72. The fourth-order valence-corrected chi connectivity index (χ4v) is 1.23. The molecule has 0 radical (unpaired) electrons. The predicted octanol–water partition coefficient (Wildman–Crippen LogP) is 0.722. The van der Waals surface area contributed by atoms with Gasteiger partial charge in [0.25, 0.3) is 0 Å².